The quantitative estimate of drug-likeness (QED) is 0.663. The highest BCUT2D eigenvalue weighted by molar-refractivity contribution is 6.15. The molecule has 0 radical (unpaired) electrons. The first-order valence-electron chi connectivity index (χ1n) is 12.2. The Kier molecular flexibility index (Phi) is 6.36. The van der Waals surface area contributed by atoms with Crippen molar-refractivity contribution < 1.29 is 4.74 Å². The summed E-state index contributed by atoms with van der Waals surface area (Å²) in [5, 5.41) is 4.33. The molecular formula is C26H35N7O. The minimum Gasteiger partial charge on any atom is -0.384 e. The molecule has 2 aromatic rings. The molecule has 8 heteroatoms. The van der Waals surface area contributed by atoms with Gasteiger partial charge in [0.2, 0.25) is 0 Å². The van der Waals surface area contributed by atoms with Crippen LogP contribution in [0.3, 0.4) is 0 Å². The number of H-pyrrole nitrogens is 1. The molecule has 2 aliphatic heterocycles. The molecule has 0 saturated heterocycles. The molecule has 3 aliphatic rings. The van der Waals surface area contributed by atoms with Crippen LogP contribution in [0.5, 0.6) is 0 Å². The average Bonchev–Trinajstić information content (AvgIpc) is 3.24. The van der Waals surface area contributed by atoms with Crippen LogP contribution in [0, 0.1) is 5.92 Å². The van der Waals surface area contributed by atoms with E-state index < -0.39 is 0 Å². The van der Waals surface area contributed by atoms with Crippen LogP contribution in [0.1, 0.15) is 37.9 Å². The Balaban J connectivity index is 1.60. The lowest BCUT2D eigenvalue weighted by Crippen LogP contribution is -2.55. The van der Waals surface area contributed by atoms with Crippen LogP contribution in [-0.4, -0.2) is 85.7 Å². The van der Waals surface area contributed by atoms with Crippen molar-refractivity contribution in [3.8, 4) is 0 Å². The van der Waals surface area contributed by atoms with Gasteiger partial charge in [0.15, 0.2) is 5.84 Å². The summed E-state index contributed by atoms with van der Waals surface area (Å²) in [5.74, 6) is 2.33. The summed E-state index contributed by atoms with van der Waals surface area (Å²) in [6.07, 6.45) is 8.46. The maximum Gasteiger partial charge on any atom is 0.158 e. The molecule has 2 bridgehead atoms. The van der Waals surface area contributed by atoms with Gasteiger partial charge >= 0.3 is 0 Å². The maximum atomic E-state index is 5.46. The molecule has 8 nitrogen and oxygen atoms in total. The van der Waals surface area contributed by atoms with E-state index in [4.69, 9.17) is 14.7 Å². The standard InChI is InChI=1S/C26H35N7O/c1-26(2,16-34-4)22-14-20-19(7-8-29-25(20)31-22)24-30-10-9-28-15-17-13-23(32-24)33(12-11-27-3)21-6-5-18(17)21/h7-9,13-14,18,21,27H,5-6,10-12,15-16H2,1-4H3,(H,29,31). The zero-order valence-corrected chi connectivity index (χ0v) is 20.6. The third-order valence-electron chi connectivity index (χ3n) is 7.28. The van der Waals surface area contributed by atoms with Crippen LogP contribution in [0.4, 0.5) is 0 Å². The molecular weight excluding hydrogens is 426 g/mol. The molecule has 0 amide bonds. The van der Waals surface area contributed by atoms with Gasteiger partial charge in [-0.3, -0.25) is 9.98 Å². The fourth-order valence-corrected chi connectivity index (χ4v) is 5.25. The lowest BCUT2D eigenvalue weighted by atomic mass is 9.71. The summed E-state index contributed by atoms with van der Waals surface area (Å²) in [6.45, 7) is 8.07. The van der Waals surface area contributed by atoms with Gasteiger partial charge in [0.1, 0.15) is 11.5 Å². The van der Waals surface area contributed by atoms with Crippen LogP contribution in [0.2, 0.25) is 0 Å². The number of ether oxygens (including phenoxy) is 1. The van der Waals surface area contributed by atoms with Crippen LogP contribution < -0.4 is 5.32 Å². The zero-order chi connectivity index (χ0) is 23.7. The van der Waals surface area contributed by atoms with E-state index in [2.05, 4.69) is 51.2 Å². The minimum atomic E-state index is -0.159. The van der Waals surface area contributed by atoms with Gasteiger partial charge < -0.3 is 19.9 Å². The number of likely N-dealkylation sites (N-methyl/N-ethyl adjacent to an activating group) is 1. The number of pyridine rings is 1. The molecule has 0 aromatic carbocycles. The topological polar surface area (TPSA) is 90.3 Å². The van der Waals surface area contributed by atoms with Gasteiger partial charge in [0.05, 0.1) is 19.7 Å². The van der Waals surface area contributed by atoms with Gasteiger partial charge in [0, 0.05) is 66.6 Å². The Morgan fingerprint density at radius 1 is 1.29 bits per heavy atom. The Morgan fingerprint density at radius 3 is 2.94 bits per heavy atom. The predicted octanol–water partition coefficient (Wildman–Crippen LogP) is 2.96. The summed E-state index contributed by atoms with van der Waals surface area (Å²) in [4.78, 5) is 25.3. The van der Waals surface area contributed by atoms with Crippen molar-refractivity contribution >= 4 is 28.9 Å². The number of aromatic amines is 1. The number of fused-ring (bicyclic) bond motifs is 4. The van der Waals surface area contributed by atoms with E-state index in [-0.39, 0.29) is 5.41 Å². The number of aliphatic imine (C=N–C) groups is 3. The molecule has 34 heavy (non-hydrogen) atoms. The first kappa shape index (κ1) is 22.9. The van der Waals surface area contributed by atoms with Gasteiger partial charge in [-0.05, 0) is 43.7 Å². The van der Waals surface area contributed by atoms with Crippen molar-refractivity contribution in [2.24, 2.45) is 20.9 Å². The van der Waals surface area contributed by atoms with Crippen molar-refractivity contribution in [3.05, 3.63) is 41.2 Å². The van der Waals surface area contributed by atoms with E-state index in [1.165, 1.54) is 18.4 Å². The Hall–Kier alpha value is -2.84. The molecule has 0 spiro atoms. The number of hydrogen-bond donors (Lipinski definition) is 2. The Bertz CT molecular complexity index is 1170. The van der Waals surface area contributed by atoms with Crippen LogP contribution in [-0.2, 0) is 10.2 Å². The van der Waals surface area contributed by atoms with Crippen LogP contribution in [0.25, 0.3) is 11.0 Å². The van der Waals surface area contributed by atoms with Crippen molar-refractivity contribution in [3.63, 3.8) is 0 Å². The second-order valence-corrected chi connectivity index (χ2v) is 10.0. The third-order valence-corrected chi connectivity index (χ3v) is 7.28. The van der Waals surface area contributed by atoms with Crippen LogP contribution in [0.15, 0.2) is 45.0 Å². The first-order chi connectivity index (χ1) is 16.5. The molecule has 2 unspecified atom stereocenters. The Labute approximate surface area is 201 Å². The number of aromatic nitrogens is 2. The summed E-state index contributed by atoms with van der Waals surface area (Å²) in [5.41, 5.74) is 4.16. The first-order valence-corrected chi connectivity index (χ1v) is 12.2. The highest BCUT2D eigenvalue weighted by Gasteiger charge is 2.42. The zero-order valence-electron chi connectivity index (χ0n) is 20.6. The summed E-state index contributed by atoms with van der Waals surface area (Å²) in [7, 11) is 3.74. The van der Waals surface area contributed by atoms with Gasteiger partial charge in [0.25, 0.3) is 0 Å². The SMILES string of the molecule is CNCCN1C2=NC(c3ccnc4[nH]c(C(C)(C)COC)cc34)=NCC=NCC(=C2)C2CCC21. The normalized spacial score (nSPS) is 22.6. The number of hydrogen-bond acceptors (Lipinski definition) is 7. The van der Waals surface area contributed by atoms with Crippen molar-refractivity contribution in [2.75, 3.05) is 46.9 Å². The monoisotopic (exact) mass is 461 g/mol. The predicted molar refractivity (Wildman–Crippen MR) is 138 cm³/mol. The second kappa shape index (κ2) is 9.43. The summed E-state index contributed by atoms with van der Waals surface area (Å²) < 4.78 is 5.46. The lowest BCUT2D eigenvalue weighted by Gasteiger charge is -2.49. The van der Waals surface area contributed by atoms with Crippen molar-refractivity contribution in [1.29, 1.82) is 0 Å². The van der Waals surface area contributed by atoms with Crippen LogP contribution >= 0.6 is 0 Å². The van der Waals surface area contributed by atoms with Gasteiger partial charge in [-0.25, -0.2) is 9.98 Å². The van der Waals surface area contributed by atoms with E-state index >= 15 is 0 Å². The maximum absolute atomic E-state index is 5.46. The van der Waals surface area contributed by atoms with Crippen molar-refractivity contribution in [1.82, 2.24) is 20.2 Å². The molecule has 180 valence electrons. The second-order valence-electron chi connectivity index (χ2n) is 10.0. The number of nitrogens with zero attached hydrogens (tertiary/aromatic N) is 5. The number of amidine groups is 2. The third kappa shape index (κ3) is 4.20. The highest BCUT2D eigenvalue weighted by Crippen LogP contribution is 2.41. The Morgan fingerprint density at radius 2 is 2.18 bits per heavy atom. The molecule has 4 heterocycles. The molecule has 2 N–H and O–H groups in total. The number of rotatable bonds is 7. The van der Waals surface area contributed by atoms with E-state index in [1.54, 1.807) is 7.11 Å². The lowest BCUT2D eigenvalue weighted by molar-refractivity contribution is 0.139. The molecule has 5 rings (SSSR count). The molecule has 2 atom stereocenters. The summed E-state index contributed by atoms with van der Waals surface area (Å²) >= 11 is 0. The molecule has 1 aliphatic carbocycles. The van der Waals surface area contributed by atoms with Gasteiger partial charge in [-0.2, -0.15) is 0 Å². The van der Waals surface area contributed by atoms with Crippen molar-refractivity contribution in [2.45, 2.75) is 38.1 Å². The summed E-state index contributed by atoms with van der Waals surface area (Å²) in [6, 6.07) is 4.70. The van der Waals surface area contributed by atoms with Gasteiger partial charge in [-0.1, -0.05) is 13.8 Å². The number of nitrogens with one attached hydrogen (secondary N) is 2. The molecule has 2 aromatic heterocycles. The van der Waals surface area contributed by atoms with E-state index in [9.17, 15) is 0 Å². The molecule has 1 fully saturated rings. The number of methoxy groups -OCH3 is 1. The fourth-order valence-electron chi connectivity index (χ4n) is 5.25. The fraction of sp³-hybridized carbons (Fsp3) is 0.538. The highest BCUT2D eigenvalue weighted by atomic mass is 16.5. The van der Waals surface area contributed by atoms with E-state index in [0.29, 0.717) is 25.1 Å². The largest absolute Gasteiger partial charge is 0.384 e. The minimum absolute atomic E-state index is 0.159. The average molecular weight is 462 g/mol. The van der Waals surface area contributed by atoms with E-state index in [0.717, 1.165) is 53.6 Å². The smallest absolute Gasteiger partial charge is 0.158 e. The van der Waals surface area contributed by atoms with E-state index in [1.807, 2.05) is 25.5 Å². The molecule has 1 saturated carbocycles. The van der Waals surface area contributed by atoms with Gasteiger partial charge in [-0.15, -0.1) is 0 Å².